The molecule has 25 heavy (non-hydrogen) atoms. The highest BCUT2D eigenvalue weighted by Crippen LogP contribution is 2.31. The van der Waals surface area contributed by atoms with Crippen molar-refractivity contribution in [3.8, 4) is 5.75 Å². The van der Waals surface area contributed by atoms with Crippen LogP contribution in [-0.2, 0) is 14.8 Å². The maximum absolute atomic E-state index is 12.9. The highest BCUT2D eigenvalue weighted by Gasteiger charge is 2.35. The van der Waals surface area contributed by atoms with E-state index in [9.17, 15) is 8.42 Å². The third-order valence-corrected chi connectivity index (χ3v) is 6.34. The first-order valence-corrected chi connectivity index (χ1v) is 10.1. The number of nitrogens with one attached hydrogen (secondary N) is 2. The van der Waals surface area contributed by atoms with Crippen molar-refractivity contribution in [3.05, 3.63) is 23.3 Å². The van der Waals surface area contributed by atoms with Crippen molar-refractivity contribution < 1.29 is 17.9 Å². The highest BCUT2D eigenvalue weighted by molar-refractivity contribution is 7.89. The van der Waals surface area contributed by atoms with Crippen LogP contribution in [0.15, 0.2) is 17.0 Å². The Balaban J connectivity index is 2.28. The lowest BCUT2D eigenvalue weighted by molar-refractivity contribution is 0.122. The lowest BCUT2D eigenvalue weighted by Gasteiger charge is -2.29. The number of hydrogen-bond donors (Lipinski definition) is 2. The Kier molecular flexibility index (Phi) is 6.48. The number of aryl methyl sites for hydroxylation is 1. The maximum Gasteiger partial charge on any atom is 0.240 e. The summed E-state index contributed by atoms with van der Waals surface area (Å²) < 4.78 is 39.3. The van der Waals surface area contributed by atoms with Crippen LogP contribution < -0.4 is 14.8 Å². The Hall–Kier alpha value is -1.15. The lowest BCUT2D eigenvalue weighted by Crippen LogP contribution is -2.52. The molecule has 2 N–H and O–H groups in total. The van der Waals surface area contributed by atoms with Crippen molar-refractivity contribution in [3.63, 3.8) is 0 Å². The quantitative estimate of drug-likeness (QED) is 0.733. The topological polar surface area (TPSA) is 76.7 Å². The molecule has 1 heterocycles. The Morgan fingerprint density at radius 3 is 2.56 bits per heavy atom. The largest absolute Gasteiger partial charge is 0.496 e. The third kappa shape index (κ3) is 4.53. The van der Waals surface area contributed by atoms with Crippen LogP contribution in [0.2, 0.25) is 0 Å². The molecule has 1 aromatic rings. The summed E-state index contributed by atoms with van der Waals surface area (Å²) in [6.45, 7) is 7.50. The summed E-state index contributed by atoms with van der Waals surface area (Å²) in [5.41, 5.74) is 1.23. The van der Waals surface area contributed by atoms with Gasteiger partial charge >= 0.3 is 0 Å². The molecule has 1 saturated heterocycles. The molecule has 0 radical (unpaired) electrons. The second kappa shape index (κ2) is 8.03. The van der Waals surface area contributed by atoms with Crippen molar-refractivity contribution in [1.82, 2.24) is 10.0 Å². The van der Waals surface area contributed by atoms with Crippen molar-refractivity contribution in [1.29, 1.82) is 0 Å². The fourth-order valence-corrected chi connectivity index (χ4v) is 4.76. The Bertz CT molecular complexity index is 695. The van der Waals surface area contributed by atoms with Gasteiger partial charge in [0.05, 0.1) is 24.2 Å². The van der Waals surface area contributed by atoms with Crippen molar-refractivity contribution in [2.45, 2.75) is 50.0 Å². The summed E-state index contributed by atoms with van der Waals surface area (Å²) in [6.07, 6.45) is 1.91. The number of benzene rings is 1. The van der Waals surface area contributed by atoms with Gasteiger partial charge in [0.1, 0.15) is 5.75 Å². The van der Waals surface area contributed by atoms with E-state index in [1.807, 2.05) is 13.8 Å². The van der Waals surface area contributed by atoms with Gasteiger partial charge in [-0.3, -0.25) is 0 Å². The Labute approximate surface area is 151 Å². The molecule has 1 aliphatic heterocycles. The summed E-state index contributed by atoms with van der Waals surface area (Å²) in [5, 5.41) is 3.39. The van der Waals surface area contributed by atoms with Crippen molar-refractivity contribution in [2.75, 3.05) is 33.9 Å². The van der Waals surface area contributed by atoms with Gasteiger partial charge in [0.25, 0.3) is 0 Å². The minimum absolute atomic E-state index is 0.167. The van der Waals surface area contributed by atoms with Gasteiger partial charge in [0, 0.05) is 13.7 Å². The standard InChI is InChI=1S/C18H30N2O4S/c1-13(2)15-10-17(14(3)9-16(15)24-5)25(21,22)20-11-18(12-23-4)7-6-8-19-18/h9-10,13,19-20H,6-8,11-12H2,1-5H3. The molecule has 1 fully saturated rings. The van der Waals surface area contributed by atoms with Gasteiger partial charge in [0.2, 0.25) is 10.0 Å². The fraction of sp³-hybridized carbons (Fsp3) is 0.667. The van der Waals surface area contributed by atoms with Gasteiger partial charge in [-0.15, -0.1) is 0 Å². The van der Waals surface area contributed by atoms with Gasteiger partial charge in [-0.25, -0.2) is 13.1 Å². The van der Waals surface area contributed by atoms with E-state index in [0.29, 0.717) is 23.6 Å². The number of ether oxygens (including phenoxy) is 2. The number of sulfonamides is 1. The molecular weight excluding hydrogens is 340 g/mol. The average molecular weight is 371 g/mol. The van der Waals surface area contributed by atoms with Crippen LogP contribution in [0.1, 0.15) is 43.7 Å². The lowest BCUT2D eigenvalue weighted by atomic mass is 9.99. The molecule has 0 saturated carbocycles. The normalized spacial score (nSPS) is 21.0. The van der Waals surface area contributed by atoms with E-state index in [1.54, 1.807) is 33.3 Å². The molecule has 7 heteroatoms. The van der Waals surface area contributed by atoms with E-state index < -0.39 is 10.0 Å². The van der Waals surface area contributed by atoms with Crippen molar-refractivity contribution >= 4 is 10.0 Å². The first kappa shape index (κ1) is 20.2. The zero-order chi connectivity index (χ0) is 18.7. The first-order chi connectivity index (χ1) is 11.7. The molecule has 0 aliphatic carbocycles. The number of methoxy groups -OCH3 is 2. The minimum Gasteiger partial charge on any atom is -0.496 e. The maximum atomic E-state index is 12.9. The SMILES string of the molecule is COCC1(CNS(=O)(=O)c2cc(C(C)C)c(OC)cc2C)CCCN1. The van der Waals surface area contributed by atoms with Crippen LogP contribution in [0.3, 0.4) is 0 Å². The predicted octanol–water partition coefficient (Wildman–Crippen LogP) is 2.17. The molecule has 1 atom stereocenters. The van der Waals surface area contributed by atoms with Crippen LogP contribution in [-0.4, -0.2) is 47.9 Å². The molecule has 142 valence electrons. The Morgan fingerprint density at radius 1 is 1.32 bits per heavy atom. The van der Waals surface area contributed by atoms with Gasteiger partial charge in [-0.1, -0.05) is 13.8 Å². The Morgan fingerprint density at radius 2 is 2.04 bits per heavy atom. The van der Waals surface area contributed by atoms with E-state index >= 15 is 0 Å². The average Bonchev–Trinajstić information content (AvgIpc) is 3.01. The summed E-state index contributed by atoms with van der Waals surface area (Å²) in [5.74, 6) is 0.889. The van der Waals surface area contributed by atoms with E-state index in [4.69, 9.17) is 9.47 Å². The van der Waals surface area contributed by atoms with E-state index in [2.05, 4.69) is 10.0 Å². The fourth-order valence-electron chi connectivity index (χ4n) is 3.38. The monoisotopic (exact) mass is 370 g/mol. The molecule has 2 rings (SSSR count). The molecule has 0 aromatic heterocycles. The van der Waals surface area contributed by atoms with Crippen LogP contribution >= 0.6 is 0 Å². The van der Waals surface area contributed by atoms with E-state index in [-0.39, 0.29) is 11.5 Å². The third-order valence-electron chi connectivity index (χ3n) is 4.79. The molecule has 1 aromatic carbocycles. The summed E-state index contributed by atoms with van der Waals surface area (Å²) in [6, 6.07) is 3.52. The van der Waals surface area contributed by atoms with Crippen LogP contribution in [0.5, 0.6) is 5.75 Å². The van der Waals surface area contributed by atoms with Gasteiger partial charge in [-0.2, -0.15) is 0 Å². The molecule has 6 nitrogen and oxygen atoms in total. The molecule has 1 unspecified atom stereocenters. The minimum atomic E-state index is -3.62. The predicted molar refractivity (Wildman–Crippen MR) is 98.9 cm³/mol. The summed E-state index contributed by atoms with van der Waals surface area (Å²) in [7, 11) is -0.375. The first-order valence-electron chi connectivity index (χ1n) is 8.67. The van der Waals surface area contributed by atoms with Crippen LogP contribution in [0.4, 0.5) is 0 Å². The second-order valence-corrected chi connectivity index (χ2v) is 8.82. The molecule has 0 spiro atoms. The molecule has 1 aliphatic rings. The van der Waals surface area contributed by atoms with Crippen LogP contribution in [0, 0.1) is 6.92 Å². The molecule has 0 amide bonds. The van der Waals surface area contributed by atoms with Gasteiger partial charge in [0.15, 0.2) is 0 Å². The molecular formula is C18H30N2O4S. The zero-order valence-corrected chi connectivity index (χ0v) is 16.6. The van der Waals surface area contributed by atoms with E-state index in [1.165, 1.54) is 0 Å². The highest BCUT2D eigenvalue weighted by atomic mass is 32.2. The second-order valence-electron chi connectivity index (χ2n) is 7.08. The molecule has 0 bridgehead atoms. The van der Waals surface area contributed by atoms with E-state index in [0.717, 1.165) is 30.7 Å². The number of hydrogen-bond acceptors (Lipinski definition) is 5. The van der Waals surface area contributed by atoms with Crippen LogP contribution in [0.25, 0.3) is 0 Å². The smallest absolute Gasteiger partial charge is 0.240 e. The van der Waals surface area contributed by atoms with Gasteiger partial charge < -0.3 is 14.8 Å². The summed E-state index contributed by atoms with van der Waals surface area (Å²) >= 11 is 0. The zero-order valence-electron chi connectivity index (χ0n) is 15.8. The van der Waals surface area contributed by atoms with Crippen molar-refractivity contribution in [2.24, 2.45) is 0 Å². The van der Waals surface area contributed by atoms with Gasteiger partial charge in [-0.05, 0) is 55.5 Å². The summed E-state index contributed by atoms with van der Waals surface area (Å²) in [4.78, 5) is 0.308. The number of rotatable bonds is 8.